The Kier molecular flexibility index (Phi) is 5.68. The van der Waals surface area contributed by atoms with E-state index in [2.05, 4.69) is 38.1 Å². The van der Waals surface area contributed by atoms with Crippen LogP contribution in [0, 0.1) is 0 Å². The van der Waals surface area contributed by atoms with Crippen LogP contribution < -0.4 is 10.2 Å². The topological polar surface area (TPSA) is 51.7 Å². The minimum atomic E-state index is 0.0162. The van der Waals surface area contributed by atoms with Crippen molar-refractivity contribution in [3.63, 3.8) is 0 Å². The Labute approximate surface area is 144 Å². The first-order chi connectivity index (χ1) is 11.6. The molecule has 3 heterocycles. The Morgan fingerprint density at radius 3 is 2.75 bits per heavy atom. The van der Waals surface area contributed by atoms with E-state index < -0.39 is 0 Å². The minimum Gasteiger partial charge on any atom is -0.354 e. The van der Waals surface area contributed by atoms with Gasteiger partial charge < -0.3 is 15.1 Å². The summed E-state index contributed by atoms with van der Waals surface area (Å²) in [4.78, 5) is 23.9. The van der Waals surface area contributed by atoms with Crippen molar-refractivity contribution in [1.82, 2.24) is 20.1 Å². The number of pyridine rings is 1. The zero-order chi connectivity index (χ0) is 16.9. The molecule has 0 radical (unpaired) electrons. The first-order valence-electron chi connectivity index (χ1n) is 9.00. The number of carbonyl (C=O) groups excluding carboxylic acids is 1. The SMILES string of the molecule is CN1CCN(c2ncccc2CNC(=O)C2CCCCN2C)CC1. The molecule has 3 rings (SSSR count). The third-order valence-corrected chi connectivity index (χ3v) is 5.20. The highest BCUT2D eigenvalue weighted by Crippen LogP contribution is 2.19. The highest BCUT2D eigenvalue weighted by molar-refractivity contribution is 5.81. The first-order valence-corrected chi connectivity index (χ1v) is 9.00. The van der Waals surface area contributed by atoms with Crippen LogP contribution in [0.2, 0.25) is 0 Å². The predicted molar refractivity (Wildman–Crippen MR) is 96.1 cm³/mol. The van der Waals surface area contributed by atoms with Gasteiger partial charge in [-0.1, -0.05) is 12.5 Å². The molecule has 24 heavy (non-hydrogen) atoms. The molecule has 1 unspecified atom stereocenters. The summed E-state index contributed by atoms with van der Waals surface area (Å²) in [7, 11) is 4.20. The van der Waals surface area contributed by atoms with Gasteiger partial charge in [-0.05, 0) is 39.5 Å². The van der Waals surface area contributed by atoms with Gasteiger partial charge in [0.1, 0.15) is 5.82 Å². The van der Waals surface area contributed by atoms with Gasteiger partial charge in [0.05, 0.1) is 6.04 Å². The van der Waals surface area contributed by atoms with Gasteiger partial charge in [-0.25, -0.2) is 4.98 Å². The van der Waals surface area contributed by atoms with Gasteiger partial charge in [-0.3, -0.25) is 9.69 Å². The van der Waals surface area contributed by atoms with Crippen molar-refractivity contribution in [2.75, 3.05) is 51.7 Å². The molecular formula is C18H29N5O. The Morgan fingerprint density at radius 2 is 2.00 bits per heavy atom. The number of amides is 1. The number of aromatic nitrogens is 1. The minimum absolute atomic E-state index is 0.0162. The largest absolute Gasteiger partial charge is 0.354 e. The van der Waals surface area contributed by atoms with Crippen molar-refractivity contribution < 1.29 is 4.79 Å². The summed E-state index contributed by atoms with van der Waals surface area (Å²) in [6.07, 6.45) is 5.13. The monoisotopic (exact) mass is 331 g/mol. The Morgan fingerprint density at radius 1 is 1.21 bits per heavy atom. The average molecular weight is 331 g/mol. The second kappa shape index (κ2) is 7.94. The molecule has 0 saturated carbocycles. The number of hydrogen-bond acceptors (Lipinski definition) is 5. The van der Waals surface area contributed by atoms with E-state index in [9.17, 15) is 4.79 Å². The van der Waals surface area contributed by atoms with Crippen molar-refractivity contribution in [3.05, 3.63) is 23.9 Å². The zero-order valence-corrected chi connectivity index (χ0v) is 14.9. The molecule has 2 aliphatic rings. The van der Waals surface area contributed by atoms with Crippen LogP contribution in [0.15, 0.2) is 18.3 Å². The number of likely N-dealkylation sites (tertiary alicyclic amines) is 1. The number of anilines is 1. The molecule has 0 bridgehead atoms. The predicted octanol–water partition coefficient (Wildman–Crippen LogP) is 0.934. The van der Waals surface area contributed by atoms with Crippen molar-refractivity contribution in [2.24, 2.45) is 0 Å². The highest BCUT2D eigenvalue weighted by Gasteiger charge is 2.26. The normalized spacial score (nSPS) is 23.2. The van der Waals surface area contributed by atoms with E-state index in [-0.39, 0.29) is 11.9 Å². The maximum Gasteiger partial charge on any atom is 0.237 e. The average Bonchev–Trinajstić information content (AvgIpc) is 2.61. The molecule has 6 heteroatoms. The van der Waals surface area contributed by atoms with Crippen molar-refractivity contribution >= 4 is 11.7 Å². The van der Waals surface area contributed by atoms with Gasteiger partial charge >= 0.3 is 0 Å². The van der Waals surface area contributed by atoms with Gasteiger partial charge in [-0.2, -0.15) is 0 Å². The van der Waals surface area contributed by atoms with E-state index in [1.165, 1.54) is 6.42 Å². The Bertz CT molecular complexity index is 556. The lowest BCUT2D eigenvalue weighted by molar-refractivity contribution is -0.127. The number of hydrogen-bond donors (Lipinski definition) is 1. The Hall–Kier alpha value is -1.66. The molecule has 0 aliphatic carbocycles. The summed E-state index contributed by atoms with van der Waals surface area (Å²) < 4.78 is 0. The van der Waals surface area contributed by atoms with Crippen LogP contribution in [0.25, 0.3) is 0 Å². The molecular weight excluding hydrogens is 302 g/mol. The molecule has 6 nitrogen and oxygen atoms in total. The summed E-state index contributed by atoms with van der Waals surface area (Å²) in [5.41, 5.74) is 1.11. The summed E-state index contributed by atoms with van der Waals surface area (Å²) in [5.74, 6) is 1.16. The molecule has 1 N–H and O–H groups in total. The first kappa shape index (κ1) is 17.2. The number of nitrogens with zero attached hydrogens (tertiary/aromatic N) is 4. The van der Waals surface area contributed by atoms with Crippen LogP contribution in [-0.2, 0) is 11.3 Å². The Balaban J connectivity index is 1.62. The molecule has 2 fully saturated rings. The number of piperazine rings is 1. The molecule has 132 valence electrons. The molecule has 1 aromatic rings. The molecule has 1 aromatic heterocycles. The molecule has 1 amide bonds. The molecule has 0 aromatic carbocycles. The summed E-state index contributed by atoms with van der Waals surface area (Å²) in [6, 6.07) is 4.04. The fraction of sp³-hybridized carbons (Fsp3) is 0.667. The van der Waals surface area contributed by atoms with E-state index in [1.807, 2.05) is 19.3 Å². The van der Waals surface area contributed by atoms with Gasteiger partial charge in [0.15, 0.2) is 0 Å². The third kappa shape index (κ3) is 4.05. The second-order valence-corrected chi connectivity index (χ2v) is 6.99. The summed E-state index contributed by atoms with van der Waals surface area (Å²) in [5, 5.41) is 3.13. The molecule has 1 atom stereocenters. The zero-order valence-electron chi connectivity index (χ0n) is 14.9. The summed E-state index contributed by atoms with van der Waals surface area (Å²) in [6.45, 7) is 5.64. The lowest BCUT2D eigenvalue weighted by Gasteiger charge is -2.34. The van der Waals surface area contributed by atoms with Crippen molar-refractivity contribution in [2.45, 2.75) is 31.8 Å². The van der Waals surface area contributed by atoms with Gasteiger partial charge in [0.2, 0.25) is 5.91 Å². The number of likely N-dealkylation sites (N-methyl/N-ethyl adjacent to an activating group) is 2. The third-order valence-electron chi connectivity index (χ3n) is 5.20. The summed E-state index contributed by atoms with van der Waals surface area (Å²) >= 11 is 0. The van der Waals surface area contributed by atoms with Gasteiger partial charge in [0.25, 0.3) is 0 Å². The molecule has 2 saturated heterocycles. The number of nitrogens with one attached hydrogen (secondary N) is 1. The highest BCUT2D eigenvalue weighted by atomic mass is 16.2. The lowest BCUT2D eigenvalue weighted by atomic mass is 10.0. The van der Waals surface area contributed by atoms with Gasteiger partial charge in [0, 0.05) is 44.5 Å². The molecule has 0 spiro atoms. The quantitative estimate of drug-likeness (QED) is 0.890. The fourth-order valence-corrected chi connectivity index (χ4v) is 3.58. The van der Waals surface area contributed by atoms with E-state index in [4.69, 9.17) is 0 Å². The van der Waals surface area contributed by atoms with E-state index in [0.717, 1.165) is 56.9 Å². The van der Waals surface area contributed by atoms with Crippen LogP contribution in [0.5, 0.6) is 0 Å². The van der Waals surface area contributed by atoms with Crippen LogP contribution in [-0.4, -0.2) is 73.6 Å². The maximum atomic E-state index is 12.5. The fourth-order valence-electron chi connectivity index (χ4n) is 3.58. The van der Waals surface area contributed by atoms with Crippen LogP contribution >= 0.6 is 0 Å². The van der Waals surface area contributed by atoms with Crippen LogP contribution in [0.4, 0.5) is 5.82 Å². The number of rotatable bonds is 4. The lowest BCUT2D eigenvalue weighted by Crippen LogP contribution is -2.47. The smallest absolute Gasteiger partial charge is 0.237 e. The van der Waals surface area contributed by atoms with E-state index >= 15 is 0 Å². The van der Waals surface area contributed by atoms with Crippen LogP contribution in [0.3, 0.4) is 0 Å². The second-order valence-electron chi connectivity index (χ2n) is 6.99. The standard InChI is InChI=1S/C18H29N5O/c1-21-10-12-23(13-11-21)17-15(6-5-8-19-17)14-20-18(24)16-7-3-4-9-22(16)2/h5-6,8,16H,3-4,7,9-14H2,1-2H3,(H,20,24). The van der Waals surface area contributed by atoms with Gasteiger partial charge in [-0.15, -0.1) is 0 Å². The maximum absolute atomic E-state index is 12.5. The van der Waals surface area contributed by atoms with Crippen molar-refractivity contribution in [3.8, 4) is 0 Å². The van der Waals surface area contributed by atoms with E-state index in [1.54, 1.807) is 0 Å². The number of piperidine rings is 1. The van der Waals surface area contributed by atoms with Crippen molar-refractivity contribution in [1.29, 1.82) is 0 Å². The molecule has 2 aliphatic heterocycles. The number of carbonyl (C=O) groups is 1. The van der Waals surface area contributed by atoms with E-state index in [0.29, 0.717) is 6.54 Å². The van der Waals surface area contributed by atoms with Crippen LogP contribution in [0.1, 0.15) is 24.8 Å².